The first-order chi connectivity index (χ1) is 17.6. The molecule has 9 heteroatoms. The highest BCUT2D eigenvalue weighted by atomic mass is 19.4. The van der Waals surface area contributed by atoms with E-state index in [4.69, 9.17) is 4.98 Å². The SMILES string of the molecule is C=C/C(F)=C\C=C(/C)c1nc2cc(C(=O)O)ccc2nc1N1CCC(c2ccc(C(F)(F)F)cc2)CC1. The van der Waals surface area contributed by atoms with Crippen molar-refractivity contribution in [3.63, 3.8) is 0 Å². The molecule has 0 amide bonds. The van der Waals surface area contributed by atoms with Crippen molar-refractivity contribution in [3.05, 3.63) is 95.5 Å². The summed E-state index contributed by atoms with van der Waals surface area (Å²) in [5.74, 6) is -0.902. The number of rotatable bonds is 6. The number of nitrogens with zero attached hydrogens (tertiary/aromatic N) is 3. The lowest BCUT2D eigenvalue weighted by molar-refractivity contribution is -0.137. The Hall–Kier alpha value is -4.01. The van der Waals surface area contributed by atoms with E-state index in [9.17, 15) is 27.5 Å². The molecule has 0 unspecified atom stereocenters. The van der Waals surface area contributed by atoms with Crippen molar-refractivity contribution in [2.45, 2.75) is 31.9 Å². The van der Waals surface area contributed by atoms with Gasteiger partial charge in [0.25, 0.3) is 0 Å². The number of anilines is 1. The Balaban J connectivity index is 1.65. The number of piperidine rings is 1. The van der Waals surface area contributed by atoms with Gasteiger partial charge in [-0.15, -0.1) is 0 Å². The number of carboxylic acids is 1. The topological polar surface area (TPSA) is 66.3 Å². The van der Waals surface area contributed by atoms with E-state index >= 15 is 0 Å². The molecule has 2 heterocycles. The van der Waals surface area contributed by atoms with E-state index in [0.29, 0.717) is 54.0 Å². The molecule has 37 heavy (non-hydrogen) atoms. The second-order valence-corrected chi connectivity index (χ2v) is 8.89. The number of fused-ring (bicyclic) bond motifs is 1. The highest BCUT2D eigenvalue weighted by Gasteiger charge is 2.31. The van der Waals surface area contributed by atoms with Gasteiger partial charge in [-0.25, -0.2) is 19.2 Å². The molecular weight excluding hydrogens is 486 g/mol. The number of hydrogen-bond donors (Lipinski definition) is 1. The Morgan fingerprint density at radius 2 is 1.73 bits per heavy atom. The first-order valence-electron chi connectivity index (χ1n) is 11.7. The van der Waals surface area contributed by atoms with E-state index in [2.05, 4.69) is 16.5 Å². The maximum absolute atomic E-state index is 13.7. The summed E-state index contributed by atoms with van der Waals surface area (Å²) >= 11 is 0. The molecule has 0 atom stereocenters. The molecule has 4 rings (SSSR count). The lowest BCUT2D eigenvalue weighted by Gasteiger charge is -2.34. The number of halogens is 4. The van der Waals surface area contributed by atoms with Crippen molar-refractivity contribution in [2.75, 3.05) is 18.0 Å². The quantitative estimate of drug-likeness (QED) is 0.281. The third kappa shape index (κ3) is 5.87. The number of alkyl halides is 3. The molecule has 3 aromatic rings. The van der Waals surface area contributed by atoms with Crippen molar-refractivity contribution < 1.29 is 27.5 Å². The second kappa shape index (κ2) is 10.5. The monoisotopic (exact) mass is 511 g/mol. The Morgan fingerprint density at radius 3 is 2.32 bits per heavy atom. The van der Waals surface area contributed by atoms with Crippen LogP contribution in [0.1, 0.15) is 52.9 Å². The molecule has 5 nitrogen and oxygen atoms in total. The zero-order chi connectivity index (χ0) is 26.7. The fourth-order valence-corrected chi connectivity index (χ4v) is 4.38. The van der Waals surface area contributed by atoms with Crippen LogP contribution in [0.25, 0.3) is 16.6 Å². The van der Waals surface area contributed by atoms with Crippen LogP contribution in [-0.4, -0.2) is 34.1 Å². The lowest BCUT2D eigenvalue weighted by atomic mass is 9.89. The first-order valence-corrected chi connectivity index (χ1v) is 11.7. The van der Waals surface area contributed by atoms with E-state index < -0.39 is 23.5 Å². The number of carboxylic acid groups (broad SMARTS) is 1. The third-order valence-corrected chi connectivity index (χ3v) is 6.46. The van der Waals surface area contributed by atoms with Gasteiger partial charge in [0, 0.05) is 13.1 Å². The predicted molar refractivity (Wildman–Crippen MR) is 135 cm³/mol. The van der Waals surface area contributed by atoms with Gasteiger partial charge in [0.05, 0.1) is 22.2 Å². The van der Waals surface area contributed by atoms with E-state index in [-0.39, 0.29) is 11.5 Å². The van der Waals surface area contributed by atoms with Crippen molar-refractivity contribution in [3.8, 4) is 0 Å². The molecule has 0 saturated carbocycles. The largest absolute Gasteiger partial charge is 0.478 e. The molecular formula is C28H25F4N3O2. The van der Waals surface area contributed by atoms with E-state index in [0.717, 1.165) is 23.8 Å². The highest BCUT2D eigenvalue weighted by Crippen LogP contribution is 2.35. The number of allylic oxidation sites excluding steroid dienone is 5. The molecule has 1 aliphatic heterocycles. The normalized spacial score (nSPS) is 15.8. The summed E-state index contributed by atoms with van der Waals surface area (Å²) in [6, 6.07) is 9.82. The second-order valence-electron chi connectivity index (χ2n) is 8.89. The summed E-state index contributed by atoms with van der Waals surface area (Å²) < 4.78 is 52.4. The number of aromatic nitrogens is 2. The van der Waals surface area contributed by atoms with Gasteiger partial charge < -0.3 is 10.0 Å². The van der Waals surface area contributed by atoms with Crippen LogP contribution >= 0.6 is 0 Å². The molecule has 0 spiro atoms. The van der Waals surface area contributed by atoms with Gasteiger partial charge in [0.2, 0.25) is 0 Å². The van der Waals surface area contributed by atoms with Gasteiger partial charge in [-0.2, -0.15) is 13.2 Å². The van der Waals surface area contributed by atoms with Crippen molar-refractivity contribution in [1.82, 2.24) is 9.97 Å². The summed E-state index contributed by atoms with van der Waals surface area (Å²) in [6.07, 6.45) is 0.955. The maximum atomic E-state index is 13.7. The summed E-state index contributed by atoms with van der Waals surface area (Å²) in [4.78, 5) is 22.9. The van der Waals surface area contributed by atoms with Gasteiger partial charge in [-0.05, 0) is 79.3 Å². The van der Waals surface area contributed by atoms with Crippen LogP contribution in [0, 0.1) is 0 Å². The Morgan fingerprint density at radius 1 is 1.05 bits per heavy atom. The molecule has 1 aliphatic rings. The van der Waals surface area contributed by atoms with Gasteiger partial charge in [-0.1, -0.05) is 24.8 Å². The summed E-state index contributed by atoms with van der Waals surface area (Å²) in [6.45, 7) is 6.35. The lowest BCUT2D eigenvalue weighted by Crippen LogP contribution is -2.34. The Labute approximate surface area is 211 Å². The highest BCUT2D eigenvalue weighted by molar-refractivity contribution is 5.93. The number of benzene rings is 2. The van der Waals surface area contributed by atoms with Crippen molar-refractivity contribution in [2.24, 2.45) is 0 Å². The molecule has 2 aromatic carbocycles. The number of aromatic carboxylic acids is 1. The zero-order valence-corrected chi connectivity index (χ0v) is 20.1. The fraction of sp³-hybridized carbons (Fsp3) is 0.250. The molecule has 1 N–H and O–H groups in total. The van der Waals surface area contributed by atoms with E-state index in [1.165, 1.54) is 30.3 Å². The minimum atomic E-state index is -4.37. The number of hydrogen-bond acceptors (Lipinski definition) is 4. The average molecular weight is 512 g/mol. The fourth-order valence-electron chi connectivity index (χ4n) is 4.38. The van der Waals surface area contributed by atoms with Gasteiger partial charge >= 0.3 is 12.1 Å². The molecule has 0 aliphatic carbocycles. The third-order valence-electron chi connectivity index (χ3n) is 6.46. The van der Waals surface area contributed by atoms with Gasteiger partial charge in [0.1, 0.15) is 11.5 Å². The van der Waals surface area contributed by atoms with Crippen LogP contribution in [0.3, 0.4) is 0 Å². The minimum Gasteiger partial charge on any atom is -0.478 e. The predicted octanol–water partition coefficient (Wildman–Crippen LogP) is 7.17. The zero-order valence-electron chi connectivity index (χ0n) is 20.1. The van der Waals surface area contributed by atoms with Gasteiger partial charge in [-0.3, -0.25) is 0 Å². The molecule has 1 fully saturated rings. The molecule has 192 valence electrons. The molecule has 0 radical (unpaired) electrons. The van der Waals surface area contributed by atoms with Crippen LogP contribution in [0.4, 0.5) is 23.4 Å². The molecule has 1 saturated heterocycles. The summed E-state index contributed by atoms with van der Waals surface area (Å²) in [5.41, 5.74) is 2.33. The average Bonchev–Trinajstić information content (AvgIpc) is 2.90. The van der Waals surface area contributed by atoms with E-state index in [1.54, 1.807) is 19.1 Å². The van der Waals surface area contributed by atoms with Crippen LogP contribution in [0.5, 0.6) is 0 Å². The number of carbonyl (C=O) groups is 1. The first kappa shape index (κ1) is 26.1. The minimum absolute atomic E-state index is 0.0806. The molecule has 1 aromatic heterocycles. The van der Waals surface area contributed by atoms with Gasteiger partial charge in [0.15, 0.2) is 5.82 Å². The Kier molecular flexibility index (Phi) is 7.42. The van der Waals surface area contributed by atoms with Crippen LogP contribution < -0.4 is 4.90 Å². The standard InChI is InChI=1S/C28H25F4N3O2/c1-3-22(29)10-4-17(2)25-26(34-23-11-7-20(27(36)37)16-24(23)33-25)35-14-12-19(13-15-35)18-5-8-21(9-6-18)28(30,31)32/h3-11,16,19H,1,12-15H2,2H3,(H,36,37)/b17-4+,22-10+. The van der Waals surface area contributed by atoms with E-state index in [1.807, 2.05) is 0 Å². The molecule has 0 bridgehead atoms. The van der Waals surface area contributed by atoms with Crippen LogP contribution in [0.2, 0.25) is 0 Å². The van der Waals surface area contributed by atoms with Crippen LogP contribution in [0.15, 0.2) is 73.1 Å². The van der Waals surface area contributed by atoms with Crippen LogP contribution in [-0.2, 0) is 6.18 Å². The Bertz CT molecular complexity index is 1390. The summed E-state index contributed by atoms with van der Waals surface area (Å²) in [5, 5.41) is 9.35. The maximum Gasteiger partial charge on any atom is 0.416 e. The smallest absolute Gasteiger partial charge is 0.416 e. The van der Waals surface area contributed by atoms with Crippen molar-refractivity contribution >= 4 is 28.4 Å². The van der Waals surface area contributed by atoms with Crippen molar-refractivity contribution in [1.29, 1.82) is 0 Å². The summed E-state index contributed by atoms with van der Waals surface area (Å²) in [7, 11) is 0.